The van der Waals surface area contributed by atoms with Gasteiger partial charge in [-0.15, -0.1) is 0 Å². The molecule has 0 saturated heterocycles. The Hall–Kier alpha value is -0.780. The predicted molar refractivity (Wildman–Crippen MR) is 62.8 cm³/mol. The summed E-state index contributed by atoms with van der Waals surface area (Å²) < 4.78 is 205. The maximum absolute atomic E-state index is 8.52. The van der Waals surface area contributed by atoms with Crippen molar-refractivity contribution in [1.29, 1.82) is 0 Å². The molecule has 0 aliphatic rings. The van der Waals surface area contributed by atoms with Crippen LogP contribution in [0.3, 0.4) is 0 Å². The summed E-state index contributed by atoms with van der Waals surface area (Å²) >= 11 is 0. The first-order valence-electron chi connectivity index (χ1n) is 4.00. The molecule has 0 amide bonds. The molecule has 0 saturated carbocycles. The number of rotatable bonds is 0. The Labute approximate surface area is 167 Å². The monoisotopic (exact) mass is 576 g/mol. The summed E-state index contributed by atoms with van der Waals surface area (Å²) in [5.41, 5.74) is 0. The topological polar surface area (TPSA) is 482 Å². The minimum absolute atomic E-state index is 5.17. The fraction of sp³-hybridized carbons (Fsp3) is 0. The highest BCUT2D eigenvalue weighted by Gasteiger charge is 1.51. The standard InChI is InChI=1S/6H2O4S/c6*1-5(2,3)4/h6*(H2,1,2,3,4)/p-12. The van der Waals surface area contributed by atoms with Crippen molar-refractivity contribution in [1.82, 2.24) is 0 Å². The molecule has 0 bridgehead atoms. The molecule has 0 heterocycles. The van der Waals surface area contributed by atoms with Gasteiger partial charge in [0.05, 0.1) is 0 Å². The van der Waals surface area contributed by atoms with E-state index in [1.807, 2.05) is 0 Å². The minimum atomic E-state index is -5.17. The third kappa shape index (κ3) is 30800. The van der Waals surface area contributed by atoms with Crippen molar-refractivity contribution in [3.05, 3.63) is 0 Å². The molecular weight excluding hydrogens is 576 g/mol. The van der Waals surface area contributed by atoms with E-state index < -0.39 is 62.4 Å². The van der Waals surface area contributed by atoms with Gasteiger partial charge in [-0.2, -0.15) is 0 Å². The van der Waals surface area contributed by atoms with E-state index in [1.165, 1.54) is 0 Å². The molecule has 0 aliphatic carbocycles. The lowest BCUT2D eigenvalue weighted by Crippen LogP contribution is -1.91. The smallest absolute Gasteiger partial charge is 0.0311 e. The molecule has 0 fully saturated rings. The van der Waals surface area contributed by atoms with Gasteiger partial charge in [-0.05, 0) is 0 Å². The first kappa shape index (κ1) is 43.2. The molecule has 0 unspecified atom stereocenters. The van der Waals surface area contributed by atoms with Crippen molar-refractivity contribution in [3.8, 4) is 0 Å². The molecule has 0 spiro atoms. The zero-order chi connectivity index (χ0) is 27.0. The molecule has 0 N–H and O–H groups in total. The van der Waals surface area contributed by atoms with Crippen LogP contribution in [-0.4, -0.2) is 105 Å². The number of hydrogen-bond donors (Lipinski definition) is 0. The van der Waals surface area contributed by atoms with E-state index in [0.29, 0.717) is 0 Å². The minimum Gasteiger partial charge on any atom is -0.759 e. The lowest BCUT2D eigenvalue weighted by Gasteiger charge is -2.06. The van der Waals surface area contributed by atoms with Gasteiger partial charge in [0.15, 0.2) is 0 Å². The van der Waals surface area contributed by atoms with Gasteiger partial charge in [0.1, 0.15) is 0 Å². The van der Waals surface area contributed by atoms with Gasteiger partial charge in [-0.25, -0.2) is 0 Å². The van der Waals surface area contributed by atoms with Gasteiger partial charge in [0.25, 0.3) is 0 Å². The van der Waals surface area contributed by atoms with E-state index >= 15 is 0 Å². The first-order valence-corrected chi connectivity index (χ1v) is 12.0. The molecule has 24 nitrogen and oxygen atoms in total. The van der Waals surface area contributed by atoms with Crippen LogP contribution in [0.15, 0.2) is 0 Å². The summed E-state index contributed by atoms with van der Waals surface area (Å²) in [6, 6.07) is 0. The second-order valence-electron chi connectivity index (χ2n) is 2.45. The van der Waals surface area contributed by atoms with Crippen LogP contribution in [0.4, 0.5) is 0 Å². The Kier molecular flexibility index (Phi) is 24.2. The van der Waals surface area contributed by atoms with Gasteiger partial charge >= 0.3 is 0 Å². The fourth-order valence-corrected chi connectivity index (χ4v) is 0. The number of hydrogen-bond acceptors (Lipinski definition) is 24. The van der Waals surface area contributed by atoms with Crippen molar-refractivity contribution in [2.24, 2.45) is 0 Å². The van der Waals surface area contributed by atoms with Crippen LogP contribution in [0.2, 0.25) is 0 Å². The van der Waals surface area contributed by atoms with Crippen LogP contribution in [0.5, 0.6) is 0 Å². The molecule has 0 aromatic heterocycles. The van der Waals surface area contributed by atoms with Crippen molar-refractivity contribution in [3.63, 3.8) is 0 Å². The lowest BCUT2D eigenvalue weighted by molar-refractivity contribution is 0.350. The van der Waals surface area contributed by atoms with Gasteiger partial charge < -0.3 is 54.6 Å². The average molecular weight is 576 g/mol. The van der Waals surface area contributed by atoms with Crippen LogP contribution < -0.4 is 0 Å². The summed E-state index contributed by atoms with van der Waals surface area (Å²) in [6.07, 6.45) is 0. The van der Waals surface area contributed by atoms with Crippen molar-refractivity contribution in [2.45, 2.75) is 0 Å². The maximum atomic E-state index is 8.52. The molecule has 0 aromatic rings. The van der Waals surface area contributed by atoms with Crippen LogP contribution in [0.1, 0.15) is 0 Å². The summed E-state index contributed by atoms with van der Waals surface area (Å²) in [6.45, 7) is 0. The van der Waals surface area contributed by atoms with Gasteiger partial charge in [0, 0.05) is 62.4 Å². The van der Waals surface area contributed by atoms with Crippen molar-refractivity contribution < 1.29 is 105 Å². The highest BCUT2D eigenvalue weighted by atomic mass is 32.3. The van der Waals surface area contributed by atoms with Crippen LogP contribution in [0, 0.1) is 0 Å². The van der Waals surface area contributed by atoms with E-state index in [-0.39, 0.29) is 0 Å². The molecule has 0 atom stereocenters. The van der Waals surface area contributed by atoms with Gasteiger partial charge in [-0.1, -0.05) is 0 Å². The van der Waals surface area contributed by atoms with E-state index in [1.54, 1.807) is 0 Å². The normalized spacial score (nSPS) is 11.6. The molecule has 192 valence electrons. The maximum Gasteiger partial charge on any atom is 0.0311 e. The Morgan fingerprint density at radius 2 is 0.200 bits per heavy atom. The van der Waals surface area contributed by atoms with Crippen molar-refractivity contribution in [2.75, 3.05) is 0 Å². The third-order valence-electron chi connectivity index (χ3n) is 0. The lowest BCUT2D eigenvalue weighted by atomic mass is 15.8. The zero-order valence-electron chi connectivity index (χ0n) is 12.2. The summed E-state index contributed by atoms with van der Waals surface area (Å²) in [5, 5.41) is 0. The highest BCUT2D eigenvalue weighted by molar-refractivity contribution is 7.80. The Morgan fingerprint density at radius 3 is 0.200 bits per heavy atom. The quantitative estimate of drug-likeness (QED) is 0.191. The molecular formula is O24S6-12. The van der Waals surface area contributed by atoms with E-state index in [0.717, 1.165) is 0 Å². The summed E-state index contributed by atoms with van der Waals surface area (Å²) in [4.78, 5) is 0. The molecule has 0 rings (SSSR count). The predicted octanol–water partition coefficient (Wildman–Crippen LogP) is -8.03. The van der Waals surface area contributed by atoms with Gasteiger partial charge in [0.2, 0.25) is 0 Å². The van der Waals surface area contributed by atoms with Gasteiger partial charge in [-0.3, -0.25) is 50.5 Å². The van der Waals surface area contributed by atoms with Crippen LogP contribution in [-0.2, 0) is 62.4 Å². The van der Waals surface area contributed by atoms with Crippen LogP contribution in [0.25, 0.3) is 0 Å². The zero-order valence-corrected chi connectivity index (χ0v) is 17.1. The van der Waals surface area contributed by atoms with E-state index in [4.69, 9.17) is 105 Å². The fourth-order valence-electron chi connectivity index (χ4n) is 0. The summed E-state index contributed by atoms with van der Waals surface area (Å²) in [7, 11) is -31.0. The second-order valence-corrected chi connectivity index (χ2v) is 7.35. The first-order chi connectivity index (χ1) is 12.0. The largest absolute Gasteiger partial charge is 0.759 e. The van der Waals surface area contributed by atoms with E-state index in [2.05, 4.69) is 0 Å². The Bertz CT molecular complexity index is 754. The van der Waals surface area contributed by atoms with Crippen molar-refractivity contribution >= 4 is 62.4 Å². The molecule has 30 heavy (non-hydrogen) atoms. The van der Waals surface area contributed by atoms with Crippen LogP contribution >= 0.6 is 0 Å². The third-order valence-corrected chi connectivity index (χ3v) is 0. The SMILES string of the molecule is O=S(=O)([O-])[O-].O=S(=O)([O-])[O-].O=S(=O)([O-])[O-].O=S(=O)([O-])[O-].O=S(=O)([O-])[O-].O=S(=O)([O-])[O-]. The second kappa shape index (κ2) is 16.9. The molecule has 0 aromatic carbocycles. The summed E-state index contributed by atoms with van der Waals surface area (Å²) in [5.74, 6) is 0. The molecule has 0 aliphatic heterocycles. The molecule has 0 radical (unpaired) electrons. The average Bonchev–Trinajstić information content (AvgIpc) is 1.94. The Morgan fingerprint density at radius 1 is 0.200 bits per heavy atom. The Balaban J connectivity index is -0.0000000576. The highest BCUT2D eigenvalue weighted by Crippen LogP contribution is 1.59. The molecule has 30 heteroatoms. The van der Waals surface area contributed by atoms with E-state index in [9.17, 15) is 0 Å².